The molecule has 1 radical (unpaired) electrons. The van der Waals surface area contributed by atoms with Crippen molar-refractivity contribution in [3.8, 4) is 11.1 Å². The van der Waals surface area contributed by atoms with E-state index in [1.165, 1.54) is 0 Å². The van der Waals surface area contributed by atoms with Crippen molar-refractivity contribution in [2.45, 2.75) is 0 Å². The zero-order valence-corrected chi connectivity index (χ0v) is 14.2. The van der Waals surface area contributed by atoms with Crippen LogP contribution in [0, 0.1) is 6.07 Å². The molecule has 0 aliphatic carbocycles. The Labute approximate surface area is 128 Å². The maximum absolute atomic E-state index is 3.56. The monoisotopic (exact) mass is 465 g/mol. The first-order valence-corrected chi connectivity index (χ1v) is 7.58. The van der Waals surface area contributed by atoms with Gasteiger partial charge < -0.3 is 0 Å². The topological polar surface area (TPSA) is 0 Å². The molecule has 4 heteroatoms. The molecule has 2 aromatic carbocycles. The van der Waals surface area contributed by atoms with Crippen molar-refractivity contribution in [3.63, 3.8) is 0 Å². The number of benzene rings is 2. The smallest absolute Gasteiger partial charge is 0.0402 e. The first-order chi connectivity index (χ1) is 7.59. The third-order valence-corrected chi connectivity index (χ3v) is 5.27. The molecule has 0 N–H and O–H groups in total. The van der Waals surface area contributed by atoms with Crippen LogP contribution in [0.4, 0.5) is 0 Å². The molecule has 0 aliphatic rings. The zero-order valence-electron chi connectivity index (χ0n) is 7.90. The van der Waals surface area contributed by atoms with Crippen LogP contribution >= 0.6 is 63.7 Å². The average Bonchev–Trinajstić information content (AvgIpc) is 2.26. The summed E-state index contributed by atoms with van der Waals surface area (Å²) in [5.74, 6) is 0. The molecule has 0 aromatic heterocycles. The summed E-state index contributed by atoms with van der Waals surface area (Å²) in [4.78, 5) is 0. The molecule has 0 unspecified atom stereocenters. The van der Waals surface area contributed by atoms with Gasteiger partial charge in [0.25, 0.3) is 0 Å². The Morgan fingerprint density at radius 3 is 2.38 bits per heavy atom. The van der Waals surface area contributed by atoms with E-state index in [0.717, 1.165) is 29.0 Å². The largest absolute Gasteiger partial charge is 0.0525 e. The van der Waals surface area contributed by atoms with Crippen LogP contribution in [0.2, 0.25) is 0 Å². The summed E-state index contributed by atoms with van der Waals surface area (Å²) in [6, 6.07) is 13.1. The first-order valence-electron chi connectivity index (χ1n) is 4.40. The van der Waals surface area contributed by atoms with Gasteiger partial charge in [0, 0.05) is 17.9 Å². The summed E-state index contributed by atoms with van der Waals surface area (Å²) in [5, 5.41) is 0. The van der Waals surface area contributed by atoms with E-state index in [0.29, 0.717) is 0 Å². The second-order valence-corrected chi connectivity index (χ2v) is 6.50. The summed E-state index contributed by atoms with van der Waals surface area (Å²) in [6.07, 6.45) is 0. The van der Waals surface area contributed by atoms with Gasteiger partial charge >= 0.3 is 0 Å². The van der Waals surface area contributed by atoms with Crippen LogP contribution in [0.15, 0.2) is 48.2 Å². The van der Waals surface area contributed by atoms with Gasteiger partial charge in [-0.15, -0.1) is 0 Å². The quantitative estimate of drug-likeness (QED) is 0.467. The molecule has 0 spiro atoms. The maximum atomic E-state index is 3.56. The van der Waals surface area contributed by atoms with Gasteiger partial charge in [0.05, 0.1) is 0 Å². The van der Waals surface area contributed by atoms with E-state index in [1.54, 1.807) is 0 Å². The predicted octanol–water partition coefficient (Wildman–Crippen LogP) is 6.20. The molecule has 0 saturated carbocycles. The minimum Gasteiger partial charge on any atom is -0.0525 e. The van der Waals surface area contributed by atoms with Crippen molar-refractivity contribution in [1.29, 1.82) is 0 Å². The van der Waals surface area contributed by atoms with Crippen LogP contribution < -0.4 is 0 Å². The highest BCUT2D eigenvalue weighted by Gasteiger charge is 2.09. The molecule has 0 aliphatic heterocycles. The highest BCUT2D eigenvalue weighted by atomic mass is 79.9. The standard InChI is InChI=1S/C12H5Br4/c13-7-4-5-10(14)9(6-7)8-2-1-3-11(15)12(8)16/h1-2,4-6H. The summed E-state index contributed by atoms with van der Waals surface area (Å²) >= 11 is 14.1. The molecular weight excluding hydrogens is 464 g/mol. The van der Waals surface area contributed by atoms with Crippen LogP contribution in [0.25, 0.3) is 11.1 Å². The van der Waals surface area contributed by atoms with Crippen molar-refractivity contribution in [2.24, 2.45) is 0 Å². The number of hydrogen-bond acceptors (Lipinski definition) is 0. The third-order valence-electron chi connectivity index (χ3n) is 2.11. The molecule has 16 heavy (non-hydrogen) atoms. The Morgan fingerprint density at radius 2 is 1.62 bits per heavy atom. The van der Waals surface area contributed by atoms with Gasteiger partial charge in [0.15, 0.2) is 0 Å². The van der Waals surface area contributed by atoms with Crippen LogP contribution in [-0.4, -0.2) is 0 Å². The van der Waals surface area contributed by atoms with E-state index >= 15 is 0 Å². The van der Waals surface area contributed by atoms with Gasteiger partial charge in [0.1, 0.15) is 0 Å². The van der Waals surface area contributed by atoms with Gasteiger partial charge in [-0.05, 0) is 67.3 Å². The van der Waals surface area contributed by atoms with Crippen LogP contribution in [0.1, 0.15) is 0 Å². The van der Waals surface area contributed by atoms with Gasteiger partial charge in [0.2, 0.25) is 0 Å². The summed E-state index contributed by atoms with van der Waals surface area (Å²) in [7, 11) is 0. The molecule has 0 heterocycles. The lowest BCUT2D eigenvalue weighted by molar-refractivity contribution is 1.51. The number of hydrogen-bond donors (Lipinski definition) is 0. The SMILES string of the molecule is Brc1ccc(Br)c(-c2cc[c]c(Br)c2Br)c1. The van der Waals surface area contributed by atoms with Gasteiger partial charge in [-0.3, -0.25) is 0 Å². The highest BCUT2D eigenvalue weighted by molar-refractivity contribution is 9.13. The summed E-state index contributed by atoms with van der Waals surface area (Å²) < 4.78 is 4.06. The number of rotatable bonds is 1. The lowest BCUT2D eigenvalue weighted by Crippen LogP contribution is -1.83. The lowest BCUT2D eigenvalue weighted by atomic mass is 10.1. The van der Waals surface area contributed by atoms with Crippen molar-refractivity contribution in [3.05, 3.63) is 54.3 Å². The molecule has 2 aromatic rings. The average molecular weight is 469 g/mol. The second kappa shape index (κ2) is 5.34. The minimum absolute atomic E-state index is 0.928. The van der Waals surface area contributed by atoms with Crippen LogP contribution in [0.3, 0.4) is 0 Å². The minimum atomic E-state index is 0.928. The van der Waals surface area contributed by atoms with Gasteiger partial charge in [-0.25, -0.2) is 0 Å². The molecular formula is C12H5Br4. The number of halogens is 4. The van der Waals surface area contributed by atoms with Crippen molar-refractivity contribution in [2.75, 3.05) is 0 Å². The van der Waals surface area contributed by atoms with E-state index < -0.39 is 0 Å². The van der Waals surface area contributed by atoms with Crippen molar-refractivity contribution >= 4 is 63.7 Å². The Kier molecular flexibility index (Phi) is 4.27. The van der Waals surface area contributed by atoms with E-state index in [-0.39, 0.29) is 0 Å². The zero-order chi connectivity index (χ0) is 11.7. The summed E-state index contributed by atoms with van der Waals surface area (Å²) in [5.41, 5.74) is 2.26. The Bertz CT molecular complexity index is 535. The predicted molar refractivity (Wildman–Crippen MR) is 81.5 cm³/mol. The fourth-order valence-electron chi connectivity index (χ4n) is 1.36. The Balaban J connectivity index is 2.67. The molecule has 0 bridgehead atoms. The normalized spacial score (nSPS) is 10.5. The van der Waals surface area contributed by atoms with E-state index in [2.05, 4.69) is 75.9 Å². The van der Waals surface area contributed by atoms with Crippen LogP contribution in [0.5, 0.6) is 0 Å². The Morgan fingerprint density at radius 1 is 0.875 bits per heavy atom. The fourth-order valence-corrected chi connectivity index (χ4v) is 2.99. The van der Waals surface area contributed by atoms with E-state index in [1.807, 2.05) is 24.3 Å². The molecule has 2 rings (SSSR count). The van der Waals surface area contributed by atoms with Crippen molar-refractivity contribution in [1.82, 2.24) is 0 Å². The lowest BCUT2D eigenvalue weighted by Gasteiger charge is -2.08. The molecule has 0 amide bonds. The second-order valence-electron chi connectivity index (χ2n) is 3.14. The molecule has 0 atom stereocenters. The van der Waals surface area contributed by atoms with Crippen LogP contribution in [-0.2, 0) is 0 Å². The molecule has 0 fully saturated rings. The molecule has 0 nitrogen and oxygen atoms in total. The fraction of sp³-hybridized carbons (Fsp3) is 0. The molecule has 81 valence electrons. The third kappa shape index (κ3) is 2.61. The first kappa shape index (κ1) is 12.8. The summed E-state index contributed by atoms with van der Waals surface area (Å²) in [6.45, 7) is 0. The van der Waals surface area contributed by atoms with E-state index in [9.17, 15) is 0 Å². The highest BCUT2D eigenvalue weighted by Crippen LogP contribution is 2.38. The maximum Gasteiger partial charge on any atom is 0.0402 e. The van der Waals surface area contributed by atoms with Gasteiger partial charge in [-0.2, -0.15) is 0 Å². The Hall–Kier alpha value is 0.360. The van der Waals surface area contributed by atoms with Gasteiger partial charge in [-0.1, -0.05) is 44.0 Å². The molecule has 0 saturated heterocycles. The van der Waals surface area contributed by atoms with Crippen molar-refractivity contribution < 1.29 is 0 Å². The van der Waals surface area contributed by atoms with E-state index in [4.69, 9.17) is 0 Å².